The first kappa shape index (κ1) is 13.5. The zero-order valence-electron chi connectivity index (χ0n) is 10.1. The van der Waals surface area contributed by atoms with E-state index in [-0.39, 0.29) is 0 Å². The number of nitrogens with zero attached hydrogens (tertiary/aromatic N) is 1. The molecule has 0 N–H and O–H groups in total. The van der Waals surface area contributed by atoms with Crippen LogP contribution in [0.2, 0.25) is 0 Å². The predicted octanol–water partition coefficient (Wildman–Crippen LogP) is 3.05. The van der Waals surface area contributed by atoms with E-state index in [4.69, 9.17) is 14.7 Å². The van der Waals surface area contributed by atoms with Crippen LogP contribution in [0, 0.1) is 11.3 Å². The molecule has 0 spiro atoms. The molecule has 1 saturated heterocycles. The van der Waals surface area contributed by atoms with Crippen molar-refractivity contribution in [3.05, 3.63) is 0 Å². The highest BCUT2D eigenvalue weighted by atomic mass is 16.5. The van der Waals surface area contributed by atoms with Gasteiger partial charge in [0.1, 0.15) is 0 Å². The van der Waals surface area contributed by atoms with Crippen molar-refractivity contribution in [1.29, 1.82) is 5.26 Å². The molecule has 92 valence electrons. The molecule has 1 aliphatic heterocycles. The van der Waals surface area contributed by atoms with Crippen LogP contribution in [0.1, 0.15) is 51.4 Å². The lowest BCUT2D eigenvalue weighted by atomic mass is 10.1. The van der Waals surface area contributed by atoms with Crippen molar-refractivity contribution in [1.82, 2.24) is 0 Å². The normalized spacial score (nSPS) is 19.8. The molecule has 0 radical (unpaired) electrons. The Hall–Kier alpha value is -0.590. The lowest BCUT2D eigenvalue weighted by Crippen LogP contribution is -2.09. The van der Waals surface area contributed by atoms with Crippen molar-refractivity contribution in [3.63, 3.8) is 0 Å². The van der Waals surface area contributed by atoms with Crippen LogP contribution in [0.25, 0.3) is 0 Å². The second kappa shape index (κ2) is 9.62. The molecule has 16 heavy (non-hydrogen) atoms. The molecule has 1 heterocycles. The van der Waals surface area contributed by atoms with Gasteiger partial charge in [0, 0.05) is 26.2 Å². The van der Waals surface area contributed by atoms with Gasteiger partial charge in [-0.05, 0) is 32.1 Å². The van der Waals surface area contributed by atoms with Crippen LogP contribution < -0.4 is 0 Å². The average Bonchev–Trinajstić information content (AvgIpc) is 2.80. The van der Waals surface area contributed by atoms with E-state index in [1.165, 1.54) is 19.3 Å². The second-order valence-corrected chi connectivity index (χ2v) is 4.36. The summed E-state index contributed by atoms with van der Waals surface area (Å²) in [6.07, 6.45) is 9.11. The molecule has 0 amide bonds. The monoisotopic (exact) mass is 225 g/mol. The third kappa shape index (κ3) is 6.81. The first-order valence-electron chi connectivity index (χ1n) is 6.50. The van der Waals surface area contributed by atoms with Crippen LogP contribution in [-0.4, -0.2) is 25.9 Å². The van der Waals surface area contributed by atoms with Crippen LogP contribution >= 0.6 is 0 Å². The third-order valence-electron chi connectivity index (χ3n) is 2.94. The van der Waals surface area contributed by atoms with Crippen LogP contribution in [0.3, 0.4) is 0 Å². The first-order valence-corrected chi connectivity index (χ1v) is 6.50. The number of hydrogen-bond acceptors (Lipinski definition) is 3. The summed E-state index contributed by atoms with van der Waals surface area (Å²) in [5, 5.41) is 8.36. The molecule has 1 rings (SSSR count). The van der Waals surface area contributed by atoms with Crippen molar-refractivity contribution in [3.8, 4) is 6.07 Å². The molecule has 0 aromatic rings. The van der Waals surface area contributed by atoms with Gasteiger partial charge in [-0.2, -0.15) is 5.26 Å². The van der Waals surface area contributed by atoms with Crippen LogP contribution in [0.15, 0.2) is 0 Å². The van der Waals surface area contributed by atoms with Gasteiger partial charge in [-0.1, -0.05) is 12.8 Å². The van der Waals surface area contributed by atoms with Crippen molar-refractivity contribution < 1.29 is 9.47 Å². The molecule has 0 bridgehead atoms. The van der Waals surface area contributed by atoms with Crippen molar-refractivity contribution in [2.24, 2.45) is 0 Å². The lowest BCUT2D eigenvalue weighted by molar-refractivity contribution is 0.0582. The van der Waals surface area contributed by atoms with Gasteiger partial charge in [-0.25, -0.2) is 0 Å². The highest BCUT2D eigenvalue weighted by Gasteiger charge is 2.14. The number of unbranched alkanes of at least 4 members (excludes halogenated alkanes) is 4. The van der Waals surface area contributed by atoms with E-state index in [1.54, 1.807) is 0 Å². The molecular formula is C13H23NO2. The lowest BCUT2D eigenvalue weighted by Gasteiger charge is -2.09. The molecule has 1 aliphatic rings. The van der Waals surface area contributed by atoms with E-state index < -0.39 is 0 Å². The average molecular weight is 225 g/mol. The standard InChI is InChI=1S/C13H23NO2/c14-9-4-2-1-3-5-10-15-12-8-13-7-6-11-16-13/h13H,1-8,10-12H2. The summed E-state index contributed by atoms with van der Waals surface area (Å²) in [6, 6.07) is 2.16. The number of nitriles is 1. The van der Waals surface area contributed by atoms with Crippen molar-refractivity contribution in [2.45, 2.75) is 57.5 Å². The summed E-state index contributed by atoms with van der Waals surface area (Å²) >= 11 is 0. The predicted molar refractivity (Wildman–Crippen MR) is 63.1 cm³/mol. The van der Waals surface area contributed by atoms with E-state index in [0.717, 1.165) is 45.5 Å². The maximum atomic E-state index is 8.36. The molecule has 3 heteroatoms. The SMILES string of the molecule is N#CCCCCCCOCCC1CCCO1. The summed E-state index contributed by atoms with van der Waals surface area (Å²) in [5.41, 5.74) is 0. The van der Waals surface area contributed by atoms with Gasteiger partial charge in [0.15, 0.2) is 0 Å². The quantitative estimate of drug-likeness (QED) is 0.566. The minimum absolute atomic E-state index is 0.454. The summed E-state index contributed by atoms with van der Waals surface area (Å²) in [6.45, 7) is 2.63. The Morgan fingerprint density at radius 3 is 2.81 bits per heavy atom. The van der Waals surface area contributed by atoms with E-state index in [2.05, 4.69) is 6.07 Å². The maximum absolute atomic E-state index is 8.36. The number of hydrogen-bond donors (Lipinski definition) is 0. The fourth-order valence-corrected chi connectivity index (χ4v) is 1.95. The maximum Gasteiger partial charge on any atom is 0.0621 e. The second-order valence-electron chi connectivity index (χ2n) is 4.36. The summed E-state index contributed by atoms with van der Waals surface area (Å²) in [7, 11) is 0. The summed E-state index contributed by atoms with van der Waals surface area (Å²) in [5.74, 6) is 0. The third-order valence-corrected chi connectivity index (χ3v) is 2.94. The van der Waals surface area contributed by atoms with Gasteiger partial charge in [0.05, 0.1) is 12.2 Å². The van der Waals surface area contributed by atoms with Gasteiger partial charge in [-0.3, -0.25) is 0 Å². The van der Waals surface area contributed by atoms with Gasteiger partial charge in [0.25, 0.3) is 0 Å². The fourth-order valence-electron chi connectivity index (χ4n) is 1.95. The molecular weight excluding hydrogens is 202 g/mol. The highest BCUT2D eigenvalue weighted by Crippen LogP contribution is 2.15. The van der Waals surface area contributed by atoms with Gasteiger partial charge in [0.2, 0.25) is 0 Å². The molecule has 1 unspecified atom stereocenters. The van der Waals surface area contributed by atoms with Crippen LogP contribution in [0.5, 0.6) is 0 Å². The van der Waals surface area contributed by atoms with E-state index in [9.17, 15) is 0 Å². The zero-order chi connectivity index (χ0) is 11.5. The minimum Gasteiger partial charge on any atom is -0.381 e. The Morgan fingerprint density at radius 2 is 2.06 bits per heavy atom. The van der Waals surface area contributed by atoms with E-state index in [0.29, 0.717) is 12.5 Å². The summed E-state index contributed by atoms with van der Waals surface area (Å²) in [4.78, 5) is 0. The molecule has 1 fully saturated rings. The Balaban J connectivity index is 1.73. The Kier molecular flexibility index (Phi) is 8.10. The van der Waals surface area contributed by atoms with Gasteiger partial charge in [-0.15, -0.1) is 0 Å². The van der Waals surface area contributed by atoms with E-state index >= 15 is 0 Å². The van der Waals surface area contributed by atoms with Crippen LogP contribution in [-0.2, 0) is 9.47 Å². The fraction of sp³-hybridized carbons (Fsp3) is 0.923. The Bertz CT molecular complexity index is 195. The first-order chi connectivity index (χ1) is 7.93. The van der Waals surface area contributed by atoms with E-state index in [1.807, 2.05) is 0 Å². The molecule has 3 nitrogen and oxygen atoms in total. The van der Waals surface area contributed by atoms with Crippen molar-refractivity contribution in [2.75, 3.05) is 19.8 Å². The smallest absolute Gasteiger partial charge is 0.0621 e. The Morgan fingerprint density at radius 1 is 1.19 bits per heavy atom. The molecule has 1 atom stereocenters. The minimum atomic E-state index is 0.454. The topological polar surface area (TPSA) is 42.2 Å². The molecule has 0 aromatic heterocycles. The summed E-state index contributed by atoms with van der Waals surface area (Å²) < 4.78 is 11.1. The van der Waals surface area contributed by atoms with Gasteiger partial charge >= 0.3 is 0 Å². The number of rotatable bonds is 9. The molecule has 0 aromatic carbocycles. The zero-order valence-corrected chi connectivity index (χ0v) is 10.1. The Labute approximate surface area is 98.7 Å². The largest absolute Gasteiger partial charge is 0.381 e. The molecule has 0 aliphatic carbocycles. The van der Waals surface area contributed by atoms with Crippen molar-refractivity contribution >= 4 is 0 Å². The van der Waals surface area contributed by atoms with Gasteiger partial charge < -0.3 is 9.47 Å². The van der Waals surface area contributed by atoms with Crippen LogP contribution in [0.4, 0.5) is 0 Å². The number of ether oxygens (including phenoxy) is 2. The molecule has 0 saturated carbocycles. The highest BCUT2D eigenvalue weighted by molar-refractivity contribution is 4.67.